The van der Waals surface area contributed by atoms with E-state index in [2.05, 4.69) is 5.48 Å². The Morgan fingerprint density at radius 1 is 1.17 bits per heavy atom. The first-order valence-electron chi connectivity index (χ1n) is 8.64. The number of aliphatic carboxylic acids is 1. The summed E-state index contributed by atoms with van der Waals surface area (Å²) < 4.78 is 0. The summed E-state index contributed by atoms with van der Waals surface area (Å²) in [5.41, 5.74) is 2.92. The fraction of sp³-hybridized carbons (Fsp3) is 0.200. The third kappa shape index (κ3) is 4.60. The van der Waals surface area contributed by atoms with Crippen LogP contribution in [0.15, 0.2) is 60.3 Å². The second kappa shape index (κ2) is 9.29. The molecule has 0 aliphatic carbocycles. The van der Waals surface area contributed by atoms with Crippen LogP contribution in [0.4, 0.5) is 0 Å². The minimum atomic E-state index is -1.21. The first-order chi connectivity index (χ1) is 14.0. The van der Waals surface area contributed by atoms with Crippen LogP contribution in [0, 0.1) is 0 Å². The summed E-state index contributed by atoms with van der Waals surface area (Å²) in [4.78, 5) is 42.2. The van der Waals surface area contributed by atoms with Gasteiger partial charge in [-0.1, -0.05) is 48.5 Å². The average Bonchev–Trinajstić information content (AvgIpc) is 3.17. The van der Waals surface area contributed by atoms with Gasteiger partial charge in [-0.25, -0.2) is 9.59 Å². The molecule has 29 heavy (non-hydrogen) atoms. The summed E-state index contributed by atoms with van der Waals surface area (Å²) in [6.07, 6.45) is 0. The normalized spacial score (nSPS) is 18.1. The molecule has 1 heterocycles. The highest BCUT2D eigenvalue weighted by molar-refractivity contribution is 7.99. The van der Waals surface area contributed by atoms with Crippen molar-refractivity contribution >= 4 is 29.6 Å². The fourth-order valence-corrected chi connectivity index (χ4v) is 4.33. The molecule has 1 amide bonds. The lowest BCUT2D eigenvalue weighted by molar-refractivity contribution is -0.148. The zero-order valence-corrected chi connectivity index (χ0v) is 16.0. The number of nitrogens with one attached hydrogen (secondary N) is 1. The predicted molar refractivity (Wildman–Crippen MR) is 105 cm³/mol. The zero-order chi connectivity index (χ0) is 20.8. The molecule has 2 aromatic carbocycles. The van der Waals surface area contributed by atoms with Crippen LogP contribution in [0.5, 0.6) is 5.75 Å². The van der Waals surface area contributed by atoms with Crippen LogP contribution in [0.25, 0.3) is 0 Å². The first-order valence-corrected chi connectivity index (χ1v) is 9.69. The standard InChI is InChI=1S/C20H18N2O6S/c23-10-15(21-28-11-13-6-2-1-3-7-13)18(25)22-16(20(26)27)12-29-19(22)14-8-4-5-9-17(14)24/h1-9,16,19,21,24H,11-12H2,(H,26,27)/t16-,19?/m0/s1. The molecule has 2 atom stereocenters. The van der Waals surface area contributed by atoms with Crippen LogP contribution in [0.3, 0.4) is 0 Å². The second-order valence-corrected chi connectivity index (χ2v) is 7.28. The number of carbonyl (C=O) groups is 2. The quantitative estimate of drug-likeness (QED) is 0.357. The number of nitrogens with zero attached hydrogens (tertiary/aromatic N) is 1. The molecule has 1 aliphatic rings. The molecule has 150 valence electrons. The molecule has 0 aromatic heterocycles. The number of phenolic OH excluding ortho intramolecular Hbond substituents is 1. The third-order valence-corrected chi connectivity index (χ3v) is 5.60. The van der Waals surface area contributed by atoms with Crippen LogP contribution in [-0.4, -0.2) is 44.7 Å². The third-order valence-electron chi connectivity index (χ3n) is 4.29. The molecule has 0 spiro atoms. The summed E-state index contributed by atoms with van der Waals surface area (Å²) in [5, 5.41) is 18.9. The number of benzene rings is 2. The Hall–Kier alpha value is -3.26. The summed E-state index contributed by atoms with van der Waals surface area (Å²) in [7, 11) is 0. The number of hydroxylamine groups is 1. The van der Waals surface area contributed by atoms with Crippen molar-refractivity contribution in [2.45, 2.75) is 18.0 Å². The van der Waals surface area contributed by atoms with Gasteiger partial charge in [0.15, 0.2) is 5.94 Å². The van der Waals surface area contributed by atoms with E-state index in [0.29, 0.717) is 5.56 Å². The lowest BCUT2D eigenvalue weighted by atomic mass is 10.1. The number of hydrogen-bond donors (Lipinski definition) is 3. The van der Waals surface area contributed by atoms with E-state index in [1.54, 1.807) is 30.3 Å². The summed E-state index contributed by atoms with van der Waals surface area (Å²) in [5.74, 6) is -0.562. The van der Waals surface area contributed by atoms with E-state index in [-0.39, 0.29) is 18.1 Å². The van der Waals surface area contributed by atoms with Crippen molar-refractivity contribution in [3.05, 3.63) is 71.4 Å². The van der Waals surface area contributed by atoms with Gasteiger partial charge in [0.25, 0.3) is 5.91 Å². The molecule has 3 N–H and O–H groups in total. The van der Waals surface area contributed by atoms with Gasteiger partial charge >= 0.3 is 5.97 Å². The number of aromatic hydroxyl groups is 1. The van der Waals surface area contributed by atoms with Crippen molar-refractivity contribution in [1.82, 2.24) is 10.4 Å². The monoisotopic (exact) mass is 414 g/mol. The molecule has 2 aromatic rings. The number of amides is 1. The van der Waals surface area contributed by atoms with Crippen LogP contribution in [-0.2, 0) is 25.8 Å². The Morgan fingerprint density at radius 2 is 1.86 bits per heavy atom. The van der Waals surface area contributed by atoms with Crippen molar-refractivity contribution < 1.29 is 29.4 Å². The smallest absolute Gasteiger partial charge is 0.327 e. The lowest BCUT2D eigenvalue weighted by Gasteiger charge is -2.28. The largest absolute Gasteiger partial charge is 0.508 e. The second-order valence-electron chi connectivity index (χ2n) is 6.16. The molecule has 0 bridgehead atoms. The van der Waals surface area contributed by atoms with Gasteiger partial charge in [0, 0.05) is 11.3 Å². The molecule has 9 heteroatoms. The van der Waals surface area contributed by atoms with Crippen molar-refractivity contribution in [1.29, 1.82) is 0 Å². The molecular formula is C20H18N2O6S. The van der Waals surface area contributed by atoms with Gasteiger partial charge < -0.3 is 15.1 Å². The van der Waals surface area contributed by atoms with Gasteiger partial charge in [-0.15, -0.1) is 11.8 Å². The number of rotatable bonds is 7. The average molecular weight is 414 g/mol. The number of carbonyl (C=O) groups excluding carboxylic acids is 2. The number of hydrogen-bond acceptors (Lipinski definition) is 7. The molecule has 1 aliphatic heterocycles. The number of phenols is 1. The van der Waals surface area contributed by atoms with Gasteiger partial charge in [-0.2, -0.15) is 0 Å². The minimum absolute atomic E-state index is 0.0706. The van der Waals surface area contributed by atoms with Crippen LogP contribution < -0.4 is 5.48 Å². The lowest BCUT2D eigenvalue weighted by Crippen LogP contribution is -2.45. The van der Waals surface area contributed by atoms with Crippen molar-refractivity contribution in [2.75, 3.05) is 5.75 Å². The maximum Gasteiger partial charge on any atom is 0.327 e. The first kappa shape index (κ1) is 20.5. The summed E-state index contributed by atoms with van der Waals surface area (Å²) in [6, 6.07) is 14.3. The Balaban J connectivity index is 1.79. The molecule has 3 rings (SSSR count). The molecule has 0 saturated carbocycles. The van der Waals surface area contributed by atoms with Crippen molar-refractivity contribution in [3.8, 4) is 5.75 Å². The van der Waals surface area contributed by atoms with Crippen molar-refractivity contribution in [3.63, 3.8) is 0 Å². The zero-order valence-electron chi connectivity index (χ0n) is 15.1. The van der Waals surface area contributed by atoms with Gasteiger partial charge in [0.05, 0.1) is 6.61 Å². The van der Waals surface area contributed by atoms with Gasteiger partial charge in [-0.3, -0.25) is 15.1 Å². The Labute approximate surface area is 170 Å². The number of carboxylic acid groups (broad SMARTS) is 1. The van der Waals surface area contributed by atoms with Crippen LogP contribution >= 0.6 is 11.8 Å². The molecule has 0 radical (unpaired) electrons. The maximum atomic E-state index is 13.0. The highest BCUT2D eigenvalue weighted by Crippen LogP contribution is 2.44. The van der Waals surface area contributed by atoms with E-state index >= 15 is 0 Å². The topological polar surface area (TPSA) is 116 Å². The molecule has 1 unspecified atom stereocenters. The highest BCUT2D eigenvalue weighted by atomic mass is 32.2. The Bertz CT molecular complexity index is 945. The van der Waals surface area contributed by atoms with Crippen LogP contribution in [0.1, 0.15) is 16.5 Å². The van der Waals surface area contributed by atoms with Gasteiger partial charge in [0.1, 0.15) is 17.2 Å². The van der Waals surface area contributed by atoms with E-state index in [9.17, 15) is 24.6 Å². The summed E-state index contributed by atoms with van der Waals surface area (Å²) >= 11 is 1.18. The van der Waals surface area contributed by atoms with E-state index in [1.807, 2.05) is 18.2 Å². The predicted octanol–water partition coefficient (Wildman–Crippen LogP) is 1.86. The Kier molecular flexibility index (Phi) is 6.56. The molecule has 8 nitrogen and oxygen atoms in total. The van der Waals surface area contributed by atoms with Crippen molar-refractivity contribution in [2.24, 2.45) is 0 Å². The molecule has 1 fully saturated rings. The minimum Gasteiger partial charge on any atom is -0.508 e. The summed E-state index contributed by atoms with van der Waals surface area (Å²) in [6.45, 7) is 0.0826. The van der Waals surface area contributed by atoms with E-state index < -0.39 is 29.0 Å². The molecule has 1 saturated heterocycles. The highest BCUT2D eigenvalue weighted by Gasteiger charge is 2.44. The Morgan fingerprint density at radius 3 is 2.52 bits per heavy atom. The van der Waals surface area contributed by atoms with E-state index in [1.165, 1.54) is 23.8 Å². The maximum absolute atomic E-state index is 13.0. The molecular weight excluding hydrogens is 396 g/mol. The van der Waals surface area contributed by atoms with E-state index in [4.69, 9.17) is 4.84 Å². The van der Waals surface area contributed by atoms with E-state index in [0.717, 1.165) is 10.5 Å². The van der Waals surface area contributed by atoms with Gasteiger partial charge in [-0.05, 0) is 11.6 Å². The number of thioether (sulfide) groups is 1. The number of carboxylic acids is 1. The fourth-order valence-electron chi connectivity index (χ4n) is 2.88. The van der Waals surface area contributed by atoms with Crippen LogP contribution in [0.2, 0.25) is 0 Å². The number of para-hydroxylation sites is 1. The SMILES string of the molecule is O=C=C(NOCc1ccccc1)C(=O)N1C(c2ccccc2O)SC[C@H]1C(=O)O. The van der Waals surface area contributed by atoms with Gasteiger partial charge in [0.2, 0.25) is 5.70 Å².